The Morgan fingerprint density at radius 3 is 2.74 bits per heavy atom. The highest BCUT2D eigenvalue weighted by Gasteiger charge is 2.30. The predicted molar refractivity (Wildman–Crippen MR) is 103 cm³/mol. The largest absolute Gasteiger partial charge is 0.444 e. The number of aromatic nitrogens is 3. The van der Waals surface area contributed by atoms with Crippen LogP contribution in [0.15, 0.2) is 11.3 Å². The third-order valence-electron chi connectivity index (χ3n) is 4.16. The molecule has 0 atom stereocenters. The lowest BCUT2D eigenvalue weighted by atomic mass is 10.2. The van der Waals surface area contributed by atoms with Crippen molar-refractivity contribution in [1.29, 1.82) is 0 Å². The van der Waals surface area contributed by atoms with E-state index in [1.807, 2.05) is 25.7 Å². The summed E-state index contributed by atoms with van der Waals surface area (Å²) in [5, 5.41) is 0. The number of piperazine rings is 1. The smallest absolute Gasteiger partial charge is 0.410 e. The number of nitrogens with zero attached hydrogens (tertiary/aromatic N) is 6. The zero-order valence-corrected chi connectivity index (χ0v) is 15.7. The molecule has 144 valence electrons. The van der Waals surface area contributed by atoms with Crippen LogP contribution in [0.2, 0.25) is 0 Å². The number of carbonyl (C=O) groups is 1. The number of hydrogen-bond donors (Lipinski definition) is 0. The molecular formula is C18H24N6O3. The lowest BCUT2D eigenvalue weighted by Gasteiger charge is -2.35. The first-order chi connectivity index (χ1) is 14.1. The first-order valence-electron chi connectivity index (χ1n) is 10.2. The van der Waals surface area contributed by atoms with Crippen LogP contribution in [0.4, 0.5) is 16.7 Å². The van der Waals surface area contributed by atoms with Crippen LogP contribution in [-0.4, -0.2) is 70.4 Å². The number of carbonyl (C=O) groups excluding carboxylic acids is 1. The van der Waals surface area contributed by atoms with Crippen molar-refractivity contribution >= 4 is 23.7 Å². The van der Waals surface area contributed by atoms with Gasteiger partial charge in [0, 0.05) is 31.9 Å². The van der Waals surface area contributed by atoms with Gasteiger partial charge in [-0.25, -0.2) is 14.2 Å². The lowest BCUT2D eigenvalue weighted by molar-refractivity contribution is 0.0240. The first-order valence-corrected chi connectivity index (χ1v) is 8.66. The third-order valence-corrected chi connectivity index (χ3v) is 4.16. The van der Waals surface area contributed by atoms with Gasteiger partial charge in [-0.1, -0.05) is 12.5 Å². The molecule has 2 aliphatic rings. The highest BCUT2D eigenvalue weighted by atomic mass is 16.6. The summed E-state index contributed by atoms with van der Waals surface area (Å²) >= 11 is 0. The van der Waals surface area contributed by atoms with E-state index in [9.17, 15) is 9.59 Å². The Kier molecular flexibility index (Phi) is 3.88. The van der Waals surface area contributed by atoms with Crippen molar-refractivity contribution in [3.63, 3.8) is 0 Å². The Labute approximate surface area is 162 Å². The Balaban J connectivity index is 1.81. The van der Waals surface area contributed by atoms with Gasteiger partial charge in [-0.15, -0.1) is 6.40 Å². The van der Waals surface area contributed by atoms with Crippen molar-refractivity contribution in [3.05, 3.63) is 17.0 Å². The molecule has 9 heteroatoms. The van der Waals surface area contributed by atoms with Gasteiger partial charge in [-0.3, -0.25) is 0 Å². The molecule has 1 saturated heterocycles. The van der Waals surface area contributed by atoms with Gasteiger partial charge in [0.2, 0.25) is 11.9 Å². The number of anilines is 2. The molecule has 1 fully saturated rings. The molecule has 0 unspecified atom stereocenters. The molecule has 9 nitrogen and oxygen atoms in total. The van der Waals surface area contributed by atoms with Gasteiger partial charge in [0.15, 0.2) is 0 Å². The third kappa shape index (κ3) is 3.89. The monoisotopic (exact) mass is 375 g/mol. The molecule has 0 radical (unpaired) electrons. The van der Waals surface area contributed by atoms with Crippen LogP contribution >= 0.6 is 0 Å². The molecule has 0 bridgehead atoms. The number of fused-ring (bicyclic) bond motifs is 1. The molecular weight excluding hydrogens is 348 g/mol. The maximum Gasteiger partial charge on any atom is 0.410 e. The van der Waals surface area contributed by atoms with Crippen LogP contribution in [0.25, 0.3) is 5.70 Å². The molecule has 2 aliphatic heterocycles. The highest BCUT2D eigenvalue weighted by molar-refractivity contribution is 5.68. The van der Waals surface area contributed by atoms with E-state index in [1.165, 1.54) is 0 Å². The minimum absolute atomic E-state index is 0.122. The molecule has 1 aromatic heterocycles. The summed E-state index contributed by atoms with van der Waals surface area (Å²) in [6.45, 7) is 6.86. The standard InChI is InChI=1S/C18H24N6O3/c1-6-7-23-12-13(2)24-15(23)19-14(20-16(24)25)21-8-10-22(11-9-21)17(26)27-18(3,4)5/h1H,2,7-12H2,3-5H3/i1D,2D2. The van der Waals surface area contributed by atoms with E-state index in [1.54, 1.807) is 9.80 Å². The van der Waals surface area contributed by atoms with Crippen LogP contribution in [0.1, 0.15) is 24.9 Å². The fourth-order valence-electron chi connectivity index (χ4n) is 2.94. The Bertz CT molecular complexity index is 980. The fourth-order valence-corrected chi connectivity index (χ4v) is 2.94. The second kappa shape index (κ2) is 6.95. The topological polar surface area (TPSA) is 83.8 Å². The number of terminal acetylenes is 1. The molecule has 0 saturated carbocycles. The van der Waals surface area contributed by atoms with Crippen LogP contribution in [0.3, 0.4) is 0 Å². The average Bonchev–Trinajstić information content (AvgIpc) is 3.04. The summed E-state index contributed by atoms with van der Waals surface area (Å²) in [5.41, 5.74) is -1.03. The van der Waals surface area contributed by atoms with E-state index in [0.717, 1.165) is 4.57 Å². The van der Waals surface area contributed by atoms with Crippen LogP contribution in [-0.2, 0) is 4.74 Å². The summed E-state index contributed by atoms with van der Waals surface area (Å²) in [6, 6.07) is 0. The van der Waals surface area contributed by atoms with Gasteiger partial charge in [-0.2, -0.15) is 9.97 Å². The summed E-state index contributed by atoms with van der Waals surface area (Å²) in [6.07, 6.45) is 1.67. The minimum atomic E-state index is -0.627. The SMILES string of the molecule is [2H]C#CCN1CC(=C([2H])[2H])n2c1nc(N1CCN(C(=O)OC(C)(C)C)CC1)nc2=O. The molecule has 3 heterocycles. The van der Waals surface area contributed by atoms with Crippen molar-refractivity contribution < 1.29 is 13.6 Å². The number of amides is 1. The maximum absolute atomic E-state index is 12.6. The van der Waals surface area contributed by atoms with E-state index in [2.05, 4.69) is 22.3 Å². The molecule has 0 aromatic carbocycles. The van der Waals surface area contributed by atoms with E-state index in [-0.39, 0.29) is 36.8 Å². The molecule has 1 aromatic rings. The molecule has 0 spiro atoms. The molecule has 0 aliphatic carbocycles. The van der Waals surface area contributed by atoms with Crippen LogP contribution in [0.5, 0.6) is 0 Å². The zero-order chi connectivity index (χ0) is 22.1. The Morgan fingerprint density at radius 1 is 1.37 bits per heavy atom. The van der Waals surface area contributed by atoms with Gasteiger partial charge >= 0.3 is 11.8 Å². The zero-order valence-electron chi connectivity index (χ0n) is 18.7. The normalized spacial score (nSPS) is 18.1. The number of ether oxygens (including phenoxy) is 1. The molecule has 27 heavy (non-hydrogen) atoms. The highest BCUT2D eigenvalue weighted by Crippen LogP contribution is 2.24. The maximum atomic E-state index is 12.6. The van der Waals surface area contributed by atoms with Gasteiger partial charge in [0.1, 0.15) is 6.97 Å². The number of hydrogen-bond acceptors (Lipinski definition) is 7. The van der Waals surface area contributed by atoms with E-state index in [0.29, 0.717) is 26.2 Å². The summed E-state index contributed by atoms with van der Waals surface area (Å²) in [5.74, 6) is 3.06. The van der Waals surface area contributed by atoms with E-state index in [4.69, 9.17) is 8.85 Å². The summed E-state index contributed by atoms with van der Waals surface area (Å²) < 4.78 is 28.8. The van der Waals surface area contributed by atoms with Gasteiger partial charge in [-0.05, 0) is 20.8 Å². The van der Waals surface area contributed by atoms with Crippen LogP contribution in [0, 0.1) is 12.3 Å². The van der Waals surface area contributed by atoms with Crippen molar-refractivity contribution in [2.45, 2.75) is 26.4 Å². The van der Waals surface area contributed by atoms with Crippen LogP contribution < -0.4 is 15.5 Å². The van der Waals surface area contributed by atoms with Gasteiger partial charge in [0.25, 0.3) is 0 Å². The van der Waals surface area contributed by atoms with Crippen molar-refractivity contribution in [1.82, 2.24) is 19.4 Å². The second-order valence-electron chi connectivity index (χ2n) is 7.38. The Morgan fingerprint density at radius 2 is 2.11 bits per heavy atom. The predicted octanol–water partition coefficient (Wildman–Crippen LogP) is 0.619. The lowest BCUT2D eigenvalue weighted by Crippen LogP contribution is -2.51. The van der Waals surface area contributed by atoms with Gasteiger partial charge < -0.3 is 19.4 Å². The molecule has 3 rings (SSSR count). The number of rotatable bonds is 2. The van der Waals surface area contributed by atoms with Crippen molar-refractivity contribution in [2.75, 3.05) is 49.1 Å². The average molecular weight is 375 g/mol. The molecule has 1 amide bonds. The molecule has 0 N–H and O–H groups in total. The Hall–Kier alpha value is -3.02. The van der Waals surface area contributed by atoms with E-state index >= 15 is 0 Å². The van der Waals surface area contributed by atoms with Crippen molar-refractivity contribution in [2.24, 2.45) is 0 Å². The second-order valence-corrected chi connectivity index (χ2v) is 7.38. The summed E-state index contributed by atoms with van der Waals surface area (Å²) in [7, 11) is 0. The first kappa shape index (κ1) is 15.1. The van der Waals surface area contributed by atoms with E-state index < -0.39 is 17.8 Å². The fraction of sp³-hybridized carbons (Fsp3) is 0.556. The minimum Gasteiger partial charge on any atom is -0.444 e. The quantitative estimate of drug-likeness (QED) is 0.701. The summed E-state index contributed by atoms with van der Waals surface area (Å²) in [4.78, 5) is 38.4. The van der Waals surface area contributed by atoms with Gasteiger partial charge in [0.05, 0.1) is 15.8 Å². The van der Waals surface area contributed by atoms with Crippen molar-refractivity contribution in [3.8, 4) is 12.3 Å².